The van der Waals surface area contributed by atoms with Gasteiger partial charge in [-0.05, 0) is 13.3 Å². The SMILES string of the molecule is CCCN(CC)S(=O)(=O)C(C)C(=O)O. The van der Waals surface area contributed by atoms with Gasteiger partial charge in [-0.1, -0.05) is 13.8 Å². The lowest BCUT2D eigenvalue weighted by Crippen LogP contribution is -2.41. The second-order valence-corrected chi connectivity index (χ2v) is 5.27. The van der Waals surface area contributed by atoms with Crippen LogP contribution in [0.15, 0.2) is 0 Å². The summed E-state index contributed by atoms with van der Waals surface area (Å²) in [5.41, 5.74) is 0. The Hall–Kier alpha value is -0.620. The molecule has 5 nitrogen and oxygen atoms in total. The van der Waals surface area contributed by atoms with Crippen LogP contribution in [0.1, 0.15) is 27.2 Å². The zero-order valence-electron chi connectivity index (χ0n) is 8.73. The van der Waals surface area contributed by atoms with Gasteiger partial charge in [0, 0.05) is 13.1 Å². The van der Waals surface area contributed by atoms with E-state index in [9.17, 15) is 13.2 Å². The number of carbonyl (C=O) groups is 1. The lowest BCUT2D eigenvalue weighted by atomic mass is 10.5. The van der Waals surface area contributed by atoms with E-state index in [-0.39, 0.29) is 0 Å². The summed E-state index contributed by atoms with van der Waals surface area (Å²) in [4.78, 5) is 10.6. The first-order valence-corrected chi connectivity index (χ1v) is 6.10. The van der Waals surface area contributed by atoms with Crippen molar-refractivity contribution in [3.63, 3.8) is 0 Å². The molecule has 0 aliphatic rings. The van der Waals surface area contributed by atoms with E-state index in [1.807, 2.05) is 6.92 Å². The van der Waals surface area contributed by atoms with Crippen LogP contribution in [-0.4, -0.2) is 42.1 Å². The third-order valence-corrected chi connectivity index (χ3v) is 4.24. The number of carboxylic acids is 1. The number of aliphatic carboxylic acids is 1. The predicted molar refractivity (Wildman–Crippen MR) is 53.6 cm³/mol. The average molecular weight is 223 g/mol. The first-order valence-electron chi connectivity index (χ1n) is 4.59. The molecule has 0 amide bonds. The molecule has 0 fully saturated rings. The molecule has 1 unspecified atom stereocenters. The van der Waals surface area contributed by atoms with Gasteiger partial charge in [-0.15, -0.1) is 0 Å². The van der Waals surface area contributed by atoms with E-state index in [4.69, 9.17) is 5.11 Å². The average Bonchev–Trinajstić information content (AvgIpc) is 2.12. The Morgan fingerprint density at radius 1 is 1.43 bits per heavy atom. The summed E-state index contributed by atoms with van der Waals surface area (Å²) in [5, 5.41) is 7.26. The van der Waals surface area contributed by atoms with Crippen LogP contribution in [0, 0.1) is 0 Å². The van der Waals surface area contributed by atoms with E-state index >= 15 is 0 Å². The third-order valence-electron chi connectivity index (χ3n) is 1.98. The van der Waals surface area contributed by atoms with Crippen LogP contribution in [0.2, 0.25) is 0 Å². The normalized spacial score (nSPS) is 14.3. The van der Waals surface area contributed by atoms with Gasteiger partial charge in [-0.2, -0.15) is 0 Å². The fourth-order valence-corrected chi connectivity index (χ4v) is 2.56. The number of nitrogens with zero attached hydrogens (tertiary/aromatic N) is 1. The van der Waals surface area contributed by atoms with E-state index in [1.54, 1.807) is 6.92 Å². The topological polar surface area (TPSA) is 74.7 Å². The standard InChI is InChI=1S/C8H17NO4S/c1-4-6-9(5-2)14(12,13)7(3)8(10)11/h7H,4-6H2,1-3H3,(H,10,11). The van der Waals surface area contributed by atoms with Gasteiger partial charge in [0.15, 0.2) is 5.25 Å². The van der Waals surface area contributed by atoms with Gasteiger partial charge in [0.2, 0.25) is 10.0 Å². The monoisotopic (exact) mass is 223 g/mol. The minimum Gasteiger partial charge on any atom is -0.480 e. The second kappa shape index (κ2) is 5.31. The Kier molecular flexibility index (Phi) is 5.07. The van der Waals surface area contributed by atoms with Crippen molar-refractivity contribution in [1.82, 2.24) is 4.31 Å². The lowest BCUT2D eigenvalue weighted by molar-refractivity contribution is -0.136. The summed E-state index contributed by atoms with van der Waals surface area (Å²) in [6.07, 6.45) is 0.680. The largest absolute Gasteiger partial charge is 0.480 e. The first kappa shape index (κ1) is 13.4. The van der Waals surface area contributed by atoms with E-state index in [2.05, 4.69) is 0 Å². The number of hydrogen-bond acceptors (Lipinski definition) is 3. The molecule has 0 aromatic rings. The molecular weight excluding hydrogens is 206 g/mol. The summed E-state index contributed by atoms with van der Waals surface area (Å²) in [6.45, 7) is 5.42. The summed E-state index contributed by atoms with van der Waals surface area (Å²) >= 11 is 0. The number of carboxylic acid groups (broad SMARTS) is 1. The molecule has 0 aliphatic heterocycles. The molecule has 0 bridgehead atoms. The van der Waals surface area contributed by atoms with Crippen LogP contribution >= 0.6 is 0 Å². The molecule has 0 rings (SSSR count). The molecular formula is C8H17NO4S. The molecule has 0 heterocycles. The van der Waals surface area contributed by atoms with Crippen molar-refractivity contribution in [2.24, 2.45) is 0 Å². The van der Waals surface area contributed by atoms with Gasteiger partial charge in [0.1, 0.15) is 0 Å². The minimum absolute atomic E-state index is 0.313. The Labute approximate surface area is 84.8 Å². The zero-order chi connectivity index (χ0) is 11.4. The van der Waals surface area contributed by atoms with Crippen molar-refractivity contribution in [3.05, 3.63) is 0 Å². The van der Waals surface area contributed by atoms with Crippen LogP contribution in [0.25, 0.3) is 0 Å². The van der Waals surface area contributed by atoms with E-state index in [1.165, 1.54) is 11.2 Å². The van der Waals surface area contributed by atoms with E-state index in [0.29, 0.717) is 19.5 Å². The van der Waals surface area contributed by atoms with Gasteiger partial charge >= 0.3 is 5.97 Å². The Morgan fingerprint density at radius 2 is 1.93 bits per heavy atom. The van der Waals surface area contributed by atoms with Crippen molar-refractivity contribution in [1.29, 1.82) is 0 Å². The fraction of sp³-hybridized carbons (Fsp3) is 0.875. The summed E-state index contributed by atoms with van der Waals surface area (Å²) < 4.78 is 24.5. The van der Waals surface area contributed by atoms with Crippen molar-refractivity contribution in [3.8, 4) is 0 Å². The van der Waals surface area contributed by atoms with Crippen molar-refractivity contribution >= 4 is 16.0 Å². The molecule has 0 aromatic carbocycles. The van der Waals surface area contributed by atoms with Gasteiger partial charge in [-0.3, -0.25) is 4.79 Å². The second-order valence-electron chi connectivity index (χ2n) is 3.02. The van der Waals surface area contributed by atoms with E-state index in [0.717, 1.165) is 0 Å². The quantitative estimate of drug-likeness (QED) is 0.712. The molecule has 0 radical (unpaired) electrons. The van der Waals surface area contributed by atoms with Gasteiger partial charge in [0.25, 0.3) is 0 Å². The van der Waals surface area contributed by atoms with Crippen LogP contribution in [-0.2, 0) is 14.8 Å². The molecule has 1 N–H and O–H groups in total. The van der Waals surface area contributed by atoms with Crippen LogP contribution in [0.5, 0.6) is 0 Å². The Morgan fingerprint density at radius 3 is 2.21 bits per heavy atom. The van der Waals surface area contributed by atoms with Crippen LogP contribution in [0.4, 0.5) is 0 Å². The predicted octanol–water partition coefficient (Wildman–Crippen LogP) is 0.521. The molecule has 1 atom stereocenters. The van der Waals surface area contributed by atoms with Gasteiger partial charge in [0.05, 0.1) is 0 Å². The molecule has 0 spiro atoms. The minimum atomic E-state index is -3.68. The van der Waals surface area contributed by atoms with E-state index < -0.39 is 21.2 Å². The third kappa shape index (κ3) is 2.95. The fourth-order valence-electron chi connectivity index (χ4n) is 1.07. The summed E-state index contributed by atoms with van der Waals surface area (Å²) in [7, 11) is -3.68. The molecule has 0 saturated heterocycles. The highest BCUT2D eigenvalue weighted by atomic mass is 32.2. The van der Waals surface area contributed by atoms with Crippen molar-refractivity contribution < 1.29 is 18.3 Å². The Bertz CT molecular complexity index is 286. The molecule has 0 aromatic heterocycles. The first-order chi connectivity index (χ1) is 6.37. The highest BCUT2D eigenvalue weighted by molar-refractivity contribution is 7.90. The molecule has 84 valence electrons. The maximum Gasteiger partial charge on any atom is 0.323 e. The molecule has 14 heavy (non-hydrogen) atoms. The molecule has 0 saturated carbocycles. The smallest absolute Gasteiger partial charge is 0.323 e. The van der Waals surface area contributed by atoms with Crippen molar-refractivity contribution in [2.75, 3.05) is 13.1 Å². The maximum absolute atomic E-state index is 11.6. The summed E-state index contributed by atoms with van der Waals surface area (Å²) in [5.74, 6) is -1.31. The van der Waals surface area contributed by atoms with Crippen LogP contribution in [0.3, 0.4) is 0 Å². The number of hydrogen-bond donors (Lipinski definition) is 1. The lowest BCUT2D eigenvalue weighted by Gasteiger charge is -2.21. The zero-order valence-corrected chi connectivity index (χ0v) is 9.54. The maximum atomic E-state index is 11.6. The van der Waals surface area contributed by atoms with Gasteiger partial charge in [-0.25, -0.2) is 12.7 Å². The summed E-state index contributed by atoms with van der Waals surface area (Å²) in [6, 6.07) is 0. The molecule has 6 heteroatoms. The number of rotatable bonds is 6. The highest BCUT2D eigenvalue weighted by Gasteiger charge is 2.32. The van der Waals surface area contributed by atoms with Crippen LogP contribution < -0.4 is 0 Å². The van der Waals surface area contributed by atoms with Gasteiger partial charge < -0.3 is 5.11 Å². The van der Waals surface area contributed by atoms with Crippen molar-refractivity contribution in [2.45, 2.75) is 32.4 Å². The highest BCUT2D eigenvalue weighted by Crippen LogP contribution is 2.09. The Balaban J connectivity index is 4.82. The number of sulfonamides is 1. The molecule has 0 aliphatic carbocycles.